The topological polar surface area (TPSA) is 12.5 Å². The fourth-order valence-corrected chi connectivity index (χ4v) is 3.58. The van der Waals surface area contributed by atoms with Gasteiger partial charge in [0.05, 0.1) is 18.3 Å². The van der Waals surface area contributed by atoms with Gasteiger partial charge in [-0.2, -0.15) is 13.2 Å². The second kappa shape index (κ2) is 7.72. The van der Waals surface area contributed by atoms with Crippen molar-refractivity contribution in [3.8, 4) is 11.1 Å². The van der Waals surface area contributed by atoms with Crippen LogP contribution < -0.4 is 0 Å². The van der Waals surface area contributed by atoms with E-state index < -0.39 is 11.7 Å². The summed E-state index contributed by atoms with van der Waals surface area (Å²) in [5.41, 5.74) is 0.407. The van der Waals surface area contributed by atoms with Gasteiger partial charge in [-0.15, -0.1) is 0 Å². The summed E-state index contributed by atoms with van der Waals surface area (Å²) < 4.78 is 48.3. The van der Waals surface area contributed by atoms with Crippen LogP contribution >= 0.6 is 22.6 Å². The predicted molar refractivity (Wildman–Crippen MR) is 110 cm³/mol. The first-order chi connectivity index (χ1) is 12.6. The van der Waals surface area contributed by atoms with E-state index in [1.807, 2.05) is 12.1 Å². The molecule has 3 rings (SSSR count). The summed E-state index contributed by atoms with van der Waals surface area (Å²) in [7, 11) is 0. The Balaban J connectivity index is 1.81. The zero-order valence-corrected chi connectivity index (χ0v) is 17.8. The first-order valence-electron chi connectivity index (χ1n) is 8.87. The quantitative estimate of drug-likeness (QED) is 0.491. The Morgan fingerprint density at radius 3 is 2.22 bits per heavy atom. The highest BCUT2D eigenvalue weighted by molar-refractivity contribution is 14.1. The van der Waals surface area contributed by atoms with E-state index in [4.69, 9.17) is 4.74 Å². The van der Waals surface area contributed by atoms with Gasteiger partial charge in [0, 0.05) is 22.2 Å². The van der Waals surface area contributed by atoms with Crippen LogP contribution in [0, 0.1) is 3.57 Å². The molecule has 0 amide bonds. The van der Waals surface area contributed by atoms with Gasteiger partial charge in [-0.25, -0.2) is 0 Å². The molecule has 0 aromatic heterocycles. The van der Waals surface area contributed by atoms with Crippen LogP contribution in [0.1, 0.15) is 31.9 Å². The zero-order valence-electron chi connectivity index (χ0n) is 15.6. The third-order valence-electron chi connectivity index (χ3n) is 4.86. The molecular weight excluding hydrogens is 466 g/mol. The molecule has 0 N–H and O–H groups in total. The molecule has 2 aromatic carbocycles. The Morgan fingerprint density at radius 1 is 1.04 bits per heavy atom. The van der Waals surface area contributed by atoms with Gasteiger partial charge in [-0.3, -0.25) is 4.90 Å². The van der Waals surface area contributed by atoms with E-state index >= 15 is 0 Å². The minimum absolute atomic E-state index is 0.0210. The molecule has 0 atom stereocenters. The van der Waals surface area contributed by atoms with Crippen molar-refractivity contribution < 1.29 is 17.9 Å². The number of ether oxygens (including phenoxy) is 1. The number of hydrogen-bond acceptors (Lipinski definition) is 2. The van der Waals surface area contributed by atoms with Gasteiger partial charge in [0.25, 0.3) is 0 Å². The summed E-state index contributed by atoms with van der Waals surface area (Å²) in [6, 6.07) is 11.8. The van der Waals surface area contributed by atoms with Crippen molar-refractivity contribution in [3.05, 3.63) is 57.2 Å². The van der Waals surface area contributed by atoms with Crippen molar-refractivity contribution >= 4 is 22.6 Å². The monoisotopic (exact) mass is 489 g/mol. The second-order valence-corrected chi connectivity index (χ2v) is 9.10. The maximum atomic E-state index is 13.8. The van der Waals surface area contributed by atoms with Crippen molar-refractivity contribution in [3.63, 3.8) is 0 Å². The lowest BCUT2D eigenvalue weighted by Gasteiger charge is -2.47. The van der Waals surface area contributed by atoms with Crippen molar-refractivity contribution in [1.82, 2.24) is 4.90 Å². The molecule has 0 unspecified atom stereocenters. The SMILES string of the molecule is CC(C)(C)N1CC(OCc2cccc(-c3ccc(I)cc3)c2C(F)(F)F)C1. The van der Waals surface area contributed by atoms with Gasteiger partial charge in [0.15, 0.2) is 0 Å². The number of alkyl halides is 3. The minimum Gasteiger partial charge on any atom is -0.371 e. The molecule has 6 heteroatoms. The summed E-state index contributed by atoms with van der Waals surface area (Å²) in [6.45, 7) is 7.83. The van der Waals surface area contributed by atoms with Crippen molar-refractivity contribution in [1.29, 1.82) is 0 Å². The van der Waals surface area contributed by atoms with E-state index in [1.54, 1.807) is 18.2 Å². The molecule has 2 nitrogen and oxygen atoms in total. The Bertz CT molecular complexity index is 791. The van der Waals surface area contributed by atoms with Gasteiger partial charge >= 0.3 is 6.18 Å². The number of hydrogen-bond donors (Lipinski definition) is 0. The molecule has 1 aliphatic rings. The van der Waals surface area contributed by atoms with Gasteiger partial charge in [-0.1, -0.05) is 30.3 Å². The van der Waals surface area contributed by atoms with Crippen LogP contribution in [0.25, 0.3) is 11.1 Å². The highest BCUT2D eigenvalue weighted by Gasteiger charge is 2.38. The highest BCUT2D eigenvalue weighted by atomic mass is 127. The zero-order chi connectivity index (χ0) is 19.8. The highest BCUT2D eigenvalue weighted by Crippen LogP contribution is 2.40. The number of likely N-dealkylation sites (tertiary alicyclic amines) is 1. The van der Waals surface area contributed by atoms with Crippen LogP contribution in [0.3, 0.4) is 0 Å². The average Bonchev–Trinajstić information content (AvgIpc) is 2.51. The Kier molecular flexibility index (Phi) is 5.89. The van der Waals surface area contributed by atoms with Crippen LogP contribution in [-0.4, -0.2) is 29.6 Å². The normalized spacial score (nSPS) is 16.4. The Labute approximate surface area is 171 Å². The van der Waals surface area contributed by atoms with Crippen LogP contribution in [0.2, 0.25) is 0 Å². The number of halogens is 4. The Hall–Kier alpha value is -1.12. The first kappa shape index (κ1) is 20.6. The van der Waals surface area contributed by atoms with E-state index in [1.165, 1.54) is 12.1 Å². The van der Waals surface area contributed by atoms with Crippen LogP contribution in [-0.2, 0) is 17.5 Å². The van der Waals surface area contributed by atoms with Gasteiger partial charge in [0.1, 0.15) is 0 Å². The van der Waals surface area contributed by atoms with E-state index in [0.29, 0.717) is 5.56 Å². The Morgan fingerprint density at radius 2 is 1.67 bits per heavy atom. The average molecular weight is 489 g/mol. The number of rotatable bonds is 4. The largest absolute Gasteiger partial charge is 0.417 e. The molecule has 1 aliphatic heterocycles. The van der Waals surface area contributed by atoms with E-state index in [0.717, 1.165) is 16.7 Å². The molecule has 27 heavy (non-hydrogen) atoms. The summed E-state index contributed by atoms with van der Waals surface area (Å²) >= 11 is 2.14. The summed E-state index contributed by atoms with van der Waals surface area (Å²) in [4.78, 5) is 2.25. The molecule has 146 valence electrons. The maximum absolute atomic E-state index is 13.8. The number of benzene rings is 2. The lowest BCUT2D eigenvalue weighted by atomic mass is 9.95. The fourth-order valence-electron chi connectivity index (χ4n) is 3.22. The van der Waals surface area contributed by atoms with E-state index in [-0.39, 0.29) is 29.4 Å². The van der Waals surface area contributed by atoms with Crippen LogP contribution in [0.15, 0.2) is 42.5 Å². The van der Waals surface area contributed by atoms with Crippen LogP contribution in [0.5, 0.6) is 0 Å². The maximum Gasteiger partial charge on any atom is 0.417 e. The van der Waals surface area contributed by atoms with Gasteiger partial charge in [-0.05, 0) is 72.2 Å². The minimum atomic E-state index is -4.44. The molecule has 0 bridgehead atoms. The number of nitrogens with zero attached hydrogens (tertiary/aromatic N) is 1. The molecule has 2 aromatic rings. The standard InChI is InChI=1S/C21H23F3INO/c1-20(2,3)26-11-17(12-26)27-13-15-5-4-6-18(19(15)21(22,23)24)14-7-9-16(25)10-8-14/h4-10,17H,11-13H2,1-3H3. The molecule has 0 saturated carbocycles. The molecule has 0 aliphatic carbocycles. The predicted octanol–water partition coefficient (Wildman–Crippen LogP) is 5.98. The molecule has 0 spiro atoms. The fraction of sp³-hybridized carbons (Fsp3) is 0.429. The third-order valence-corrected chi connectivity index (χ3v) is 5.58. The molecule has 1 heterocycles. The van der Waals surface area contributed by atoms with E-state index in [9.17, 15) is 13.2 Å². The molecule has 0 radical (unpaired) electrons. The summed E-state index contributed by atoms with van der Waals surface area (Å²) in [5, 5.41) is 0. The molecule has 1 fully saturated rings. The lowest BCUT2D eigenvalue weighted by Crippen LogP contribution is -2.59. The van der Waals surface area contributed by atoms with Gasteiger partial charge < -0.3 is 4.74 Å². The summed E-state index contributed by atoms with van der Waals surface area (Å²) in [6.07, 6.45) is -4.46. The van der Waals surface area contributed by atoms with Crippen molar-refractivity contribution in [2.24, 2.45) is 0 Å². The smallest absolute Gasteiger partial charge is 0.371 e. The van der Waals surface area contributed by atoms with E-state index in [2.05, 4.69) is 48.3 Å². The molecular formula is C21H23F3INO. The third kappa shape index (κ3) is 4.84. The van der Waals surface area contributed by atoms with Gasteiger partial charge in [0.2, 0.25) is 0 Å². The first-order valence-corrected chi connectivity index (χ1v) is 9.95. The lowest BCUT2D eigenvalue weighted by molar-refractivity contribution is -0.140. The molecule has 1 saturated heterocycles. The van der Waals surface area contributed by atoms with Crippen LogP contribution in [0.4, 0.5) is 13.2 Å². The summed E-state index contributed by atoms with van der Waals surface area (Å²) in [5.74, 6) is 0. The van der Waals surface area contributed by atoms with Crippen molar-refractivity contribution in [2.45, 2.75) is 45.2 Å². The second-order valence-electron chi connectivity index (χ2n) is 7.85. The van der Waals surface area contributed by atoms with Crippen molar-refractivity contribution in [2.75, 3.05) is 13.1 Å².